The zero-order valence-corrected chi connectivity index (χ0v) is 34.8. The number of hydrogen-bond acceptors (Lipinski definition) is 0. The molecule has 290 valence electrons. The van der Waals surface area contributed by atoms with Crippen LogP contribution in [0, 0.1) is 11.8 Å². The highest BCUT2D eigenvalue weighted by molar-refractivity contribution is 6.26. The topological polar surface area (TPSA) is 19.7 Å². The minimum atomic E-state index is 1.01. The summed E-state index contributed by atoms with van der Waals surface area (Å²) in [5.74, 6) is 7.02. The van der Waals surface area contributed by atoms with Crippen molar-refractivity contribution >= 4 is 130 Å². The smallest absolute Gasteiger partial charge is 0.0568 e. The highest BCUT2D eigenvalue weighted by Crippen LogP contribution is 2.42. The molecule has 4 nitrogen and oxygen atoms in total. The van der Waals surface area contributed by atoms with Crippen molar-refractivity contribution in [1.82, 2.24) is 18.3 Å². The second kappa shape index (κ2) is 11.8. The molecule has 0 aliphatic heterocycles. The van der Waals surface area contributed by atoms with Crippen LogP contribution in [-0.4, -0.2) is 18.3 Å². The lowest BCUT2D eigenvalue weighted by atomic mass is 10.0. The van der Waals surface area contributed by atoms with E-state index in [1.54, 1.807) is 0 Å². The van der Waals surface area contributed by atoms with Gasteiger partial charge in [0.2, 0.25) is 0 Å². The van der Waals surface area contributed by atoms with Gasteiger partial charge in [0.25, 0.3) is 0 Å². The van der Waals surface area contributed by atoms with E-state index in [4.69, 9.17) is 0 Å². The van der Waals surface area contributed by atoms with Crippen LogP contribution < -0.4 is 0 Å². The number of fused-ring (bicyclic) bond motifs is 20. The third kappa shape index (κ3) is 4.32. The van der Waals surface area contributed by atoms with Gasteiger partial charge in [-0.25, -0.2) is 0 Å². The molecular formula is C58H38N4. The third-order valence-corrected chi connectivity index (χ3v) is 14.3. The van der Waals surface area contributed by atoms with Crippen molar-refractivity contribution in [2.45, 2.75) is 0 Å². The normalized spacial score (nSPS) is 12.4. The number of aromatic nitrogens is 4. The fourth-order valence-corrected chi connectivity index (χ4v) is 11.4. The summed E-state index contributed by atoms with van der Waals surface area (Å²) in [6, 6.07) is 58.5. The SMILES string of the molecule is Cn1c2cc3c4ccc5cc(C#Cc6ccc7c(ccc8c9cc%10c(cc9n(C)c78)c7ccc8ccccc8c7n%10C)c6)ccc5c4n(C)c3cc2c2ccc3ccccc3c21. The second-order valence-electron chi connectivity index (χ2n) is 17.4. The molecule has 4 aromatic heterocycles. The Morgan fingerprint density at radius 3 is 0.903 bits per heavy atom. The van der Waals surface area contributed by atoms with Gasteiger partial charge in [0.05, 0.1) is 22.1 Å². The number of rotatable bonds is 0. The lowest BCUT2D eigenvalue weighted by Gasteiger charge is -2.05. The lowest BCUT2D eigenvalue weighted by molar-refractivity contribution is 1.01. The van der Waals surface area contributed by atoms with Gasteiger partial charge in [0, 0.05) is 126 Å². The Hall–Kier alpha value is -8.00. The van der Waals surface area contributed by atoms with Gasteiger partial charge < -0.3 is 18.3 Å². The van der Waals surface area contributed by atoms with E-state index in [0.717, 1.165) is 11.1 Å². The van der Waals surface area contributed by atoms with Gasteiger partial charge in [0.1, 0.15) is 0 Å². The van der Waals surface area contributed by atoms with Gasteiger partial charge in [-0.15, -0.1) is 0 Å². The molecule has 0 N–H and O–H groups in total. The van der Waals surface area contributed by atoms with E-state index < -0.39 is 0 Å². The monoisotopic (exact) mass is 790 g/mol. The average molecular weight is 791 g/mol. The summed E-state index contributed by atoms with van der Waals surface area (Å²) in [6.45, 7) is 0. The first-order chi connectivity index (χ1) is 30.4. The Kier molecular flexibility index (Phi) is 6.46. The quantitative estimate of drug-likeness (QED) is 0.136. The van der Waals surface area contributed by atoms with Crippen LogP contribution in [0.15, 0.2) is 158 Å². The van der Waals surface area contributed by atoms with E-state index in [1.165, 1.54) is 130 Å². The van der Waals surface area contributed by atoms with Crippen molar-refractivity contribution in [3.8, 4) is 11.8 Å². The maximum absolute atomic E-state index is 3.51. The molecule has 0 radical (unpaired) electrons. The Balaban J connectivity index is 0.845. The maximum atomic E-state index is 3.51. The molecule has 0 spiro atoms. The van der Waals surface area contributed by atoms with Crippen LogP contribution in [0.2, 0.25) is 0 Å². The summed E-state index contributed by atoms with van der Waals surface area (Å²) in [5, 5.41) is 20.3. The highest BCUT2D eigenvalue weighted by atomic mass is 15.0. The zero-order valence-electron chi connectivity index (χ0n) is 34.8. The minimum Gasteiger partial charge on any atom is -0.343 e. The summed E-state index contributed by atoms with van der Waals surface area (Å²) in [5.41, 5.74) is 12.1. The van der Waals surface area contributed by atoms with Crippen molar-refractivity contribution in [2.75, 3.05) is 0 Å². The molecule has 0 fully saturated rings. The van der Waals surface area contributed by atoms with E-state index in [1.807, 2.05) is 0 Å². The molecule has 0 aliphatic rings. The van der Waals surface area contributed by atoms with Crippen LogP contribution in [0.25, 0.3) is 130 Å². The van der Waals surface area contributed by atoms with Crippen LogP contribution in [0.3, 0.4) is 0 Å². The Morgan fingerprint density at radius 1 is 0.258 bits per heavy atom. The molecule has 0 saturated carbocycles. The van der Waals surface area contributed by atoms with E-state index in [9.17, 15) is 0 Å². The molecular weight excluding hydrogens is 753 g/mol. The fraction of sp³-hybridized carbons (Fsp3) is 0.0690. The zero-order chi connectivity index (χ0) is 41.1. The van der Waals surface area contributed by atoms with E-state index in [0.29, 0.717) is 0 Å². The Bertz CT molecular complexity index is 4150. The number of benzene rings is 10. The van der Waals surface area contributed by atoms with Gasteiger partial charge in [-0.2, -0.15) is 0 Å². The standard InChI is InChI=1S/C58H38N4/c1-59-51-31-49-45-25-19-37-27-33(15-21-41(37)57(45)61(3)53(49)29-47(51)43-23-17-35-9-5-7-11-39(35)55(43)59)13-14-34-16-22-42-38(28-34)20-26-46-50-32-52-48(30-54(50)62(4)58(42)46)44-24-18-36-10-6-8-12-40(36)56(44)60(52)2/h5-12,15-32H,1-4H3. The van der Waals surface area contributed by atoms with E-state index in [-0.39, 0.29) is 0 Å². The number of aryl methyl sites for hydroxylation is 4. The van der Waals surface area contributed by atoms with Crippen LogP contribution in [0.1, 0.15) is 11.1 Å². The van der Waals surface area contributed by atoms with Crippen LogP contribution in [0.5, 0.6) is 0 Å². The molecule has 10 aromatic carbocycles. The molecule has 4 heterocycles. The Morgan fingerprint density at radius 2 is 0.548 bits per heavy atom. The second-order valence-corrected chi connectivity index (χ2v) is 17.4. The molecule has 14 aromatic rings. The van der Waals surface area contributed by atoms with Crippen molar-refractivity contribution in [2.24, 2.45) is 28.2 Å². The molecule has 0 bridgehead atoms. The molecule has 0 unspecified atom stereocenters. The first-order valence-electron chi connectivity index (χ1n) is 21.4. The summed E-state index contributed by atoms with van der Waals surface area (Å²) in [4.78, 5) is 0. The molecule has 0 aliphatic carbocycles. The summed E-state index contributed by atoms with van der Waals surface area (Å²) in [6.07, 6.45) is 0. The van der Waals surface area contributed by atoms with Gasteiger partial charge in [-0.3, -0.25) is 0 Å². The van der Waals surface area contributed by atoms with E-state index in [2.05, 4.69) is 216 Å². The van der Waals surface area contributed by atoms with Crippen molar-refractivity contribution in [3.05, 3.63) is 169 Å². The third-order valence-electron chi connectivity index (χ3n) is 14.3. The fourth-order valence-electron chi connectivity index (χ4n) is 11.4. The van der Waals surface area contributed by atoms with Crippen molar-refractivity contribution in [1.29, 1.82) is 0 Å². The molecule has 14 rings (SSSR count). The van der Waals surface area contributed by atoms with Crippen molar-refractivity contribution in [3.63, 3.8) is 0 Å². The Labute approximate surface area is 356 Å². The summed E-state index contributed by atoms with van der Waals surface area (Å²) < 4.78 is 9.51. The largest absolute Gasteiger partial charge is 0.343 e. The van der Waals surface area contributed by atoms with Crippen molar-refractivity contribution < 1.29 is 0 Å². The lowest BCUT2D eigenvalue weighted by Crippen LogP contribution is -1.89. The van der Waals surface area contributed by atoms with Gasteiger partial charge in [-0.1, -0.05) is 121 Å². The number of hydrogen-bond donors (Lipinski definition) is 0. The molecule has 0 amide bonds. The average Bonchev–Trinajstić information content (AvgIpc) is 3.97. The van der Waals surface area contributed by atoms with Gasteiger partial charge in [-0.05, 0) is 70.1 Å². The number of nitrogens with zero attached hydrogens (tertiary/aromatic N) is 4. The minimum absolute atomic E-state index is 1.01. The van der Waals surface area contributed by atoms with Gasteiger partial charge in [0.15, 0.2) is 0 Å². The predicted octanol–water partition coefficient (Wildman–Crippen LogP) is 14.3. The van der Waals surface area contributed by atoms with Crippen LogP contribution >= 0.6 is 0 Å². The predicted molar refractivity (Wildman–Crippen MR) is 265 cm³/mol. The van der Waals surface area contributed by atoms with Gasteiger partial charge >= 0.3 is 0 Å². The van der Waals surface area contributed by atoms with E-state index >= 15 is 0 Å². The maximum Gasteiger partial charge on any atom is 0.0568 e. The molecule has 4 heteroatoms. The molecule has 62 heavy (non-hydrogen) atoms. The molecule has 0 saturated heterocycles. The first kappa shape index (κ1) is 33.8. The molecule has 0 atom stereocenters. The highest BCUT2D eigenvalue weighted by Gasteiger charge is 2.19. The van der Waals surface area contributed by atoms with Crippen LogP contribution in [-0.2, 0) is 28.2 Å². The van der Waals surface area contributed by atoms with Crippen LogP contribution in [0.4, 0.5) is 0 Å². The summed E-state index contributed by atoms with van der Waals surface area (Å²) in [7, 11) is 8.83. The summed E-state index contributed by atoms with van der Waals surface area (Å²) >= 11 is 0. The first-order valence-corrected chi connectivity index (χ1v) is 21.4.